The third-order valence-electron chi connectivity index (χ3n) is 5.17. The molecule has 124 valence electrons. The van der Waals surface area contributed by atoms with Gasteiger partial charge in [0.2, 0.25) is 0 Å². The Hall–Kier alpha value is -2.29. The Balaban J connectivity index is 1.78. The second-order valence-corrected chi connectivity index (χ2v) is 7.44. The van der Waals surface area contributed by atoms with Gasteiger partial charge in [0.25, 0.3) is 5.91 Å². The highest BCUT2D eigenvalue weighted by Crippen LogP contribution is 2.45. The van der Waals surface area contributed by atoms with Crippen LogP contribution in [0.5, 0.6) is 0 Å². The second kappa shape index (κ2) is 5.66. The molecule has 2 aliphatic heterocycles. The predicted molar refractivity (Wildman–Crippen MR) is 97.1 cm³/mol. The summed E-state index contributed by atoms with van der Waals surface area (Å²) < 4.78 is 0. The first-order valence-corrected chi connectivity index (χ1v) is 8.81. The average molecular weight is 320 g/mol. The number of hydrogen-bond acceptors (Lipinski definition) is 2. The Morgan fingerprint density at radius 1 is 1.08 bits per heavy atom. The summed E-state index contributed by atoms with van der Waals surface area (Å²) in [5, 5.41) is 0. The van der Waals surface area contributed by atoms with Gasteiger partial charge in [-0.2, -0.15) is 0 Å². The topological polar surface area (TPSA) is 23.6 Å². The molecule has 3 nitrogen and oxygen atoms in total. The van der Waals surface area contributed by atoms with E-state index in [-0.39, 0.29) is 18.1 Å². The number of carbonyl (C=O) groups is 1. The van der Waals surface area contributed by atoms with Crippen LogP contribution in [0.2, 0.25) is 0 Å². The van der Waals surface area contributed by atoms with Gasteiger partial charge >= 0.3 is 0 Å². The predicted octanol–water partition coefficient (Wildman–Crippen LogP) is 4.38. The Morgan fingerprint density at radius 3 is 2.50 bits per heavy atom. The molecule has 4 rings (SSSR count). The summed E-state index contributed by atoms with van der Waals surface area (Å²) in [5.74, 6) is 0.765. The number of fused-ring (bicyclic) bond motifs is 3. The van der Waals surface area contributed by atoms with E-state index < -0.39 is 0 Å². The van der Waals surface area contributed by atoms with E-state index in [1.54, 1.807) is 0 Å². The first kappa shape index (κ1) is 15.3. The average Bonchev–Trinajstić information content (AvgIpc) is 3.06. The van der Waals surface area contributed by atoms with Gasteiger partial charge in [0.1, 0.15) is 6.17 Å². The van der Waals surface area contributed by atoms with Crippen molar-refractivity contribution in [2.45, 2.75) is 39.4 Å². The van der Waals surface area contributed by atoms with E-state index in [1.807, 2.05) is 18.2 Å². The van der Waals surface area contributed by atoms with Crippen LogP contribution in [0.15, 0.2) is 48.5 Å². The Kier molecular flexibility index (Phi) is 3.60. The van der Waals surface area contributed by atoms with E-state index in [0.29, 0.717) is 5.92 Å². The first-order chi connectivity index (χ1) is 11.6. The molecular weight excluding hydrogens is 296 g/mol. The van der Waals surface area contributed by atoms with E-state index >= 15 is 0 Å². The molecule has 0 N–H and O–H groups in total. The molecule has 1 saturated heterocycles. The zero-order valence-corrected chi connectivity index (χ0v) is 14.6. The van der Waals surface area contributed by atoms with E-state index in [1.165, 1.54) is 11.3 Å². The minimum atomic E-state index is 0.0418. The number of amides is 1. The summed E-state index contributed by atoms with van der Waals surface area (Å²) in [4.78, 5) is 17.5. The highest BCUT2D eigenvalue weighted by molar-refractivity contribution is 6.00. The highest BCUT2D eigenvalue weighted by atomic mass is 16.2. The fourth-order valence-corrected chi connectivity index (χ4v) is 4.13. The second-order valence-electron chi connectivity index (χ2n) is 7.44. The molecule has 2 aromatic carbocycles. The minimum absolute atomic E-state index is 0.0418. The van der Waals surface area contributed by atoms with Crippen molar-refractivity contribution in [3.8, 4) is 0 Å². The normalized spacial score (nSPS) is 22.2. The van der Waals surface area contributed by atoms with Crippen LogP contribution in [-0.2, 0) is 0 Å². The summed E-state index contributed by atoms with van der Waals surface area (Å²) in [6.45, 7) is 7.48. The van der Waals surface area contributed by atoms with Gasteiger partial charge in [-0.1, -0.05) is 49.7 Å². The van der Waals surface area contributed by atoms with E-state index in [9.17, 15) is 4.79 Å². The van der Waals surface area contributed by atoms with Gasteiger partial charge in [-0.3, -0.25) is 4.79 Å². The van der Waals surface area contributed by atoms with Crippen molar-refractivity contribution in [2.24, 2.45) is 5.92 Å². The fraction of sp³-hybridized carbons (Fsp3) is 0.381. The third-order valence-corrected chi connectivity index (χ3v) is 5.17. The maximum Gasteiger partial charge on any atom is 0.256 e. The van der Waals surface area contributed by atoms with Crippen molar-refractivity contribution < 1.29 is 4.79 Å². The van der Waals surface area contributed by atoms with Gasteiger partial charge in [-0.25, -0.2) is 0 Å². The number of aryl methyl sites for hydroxylation is 1. The largest absolute Gasteiger partial charge is 0.345 e. The Morgan fingerprint density at radius 2 is 1.79 bits per heavy atom. The molecule has 0 aliphatic carbocycles. The number of hydrogen-bond donors (Lipinski definition) is 0. The zero-order valence-electron chi connectivity index (χ0n) is 14.6. The molecule has 2 heterocycles. The maximum absolute atomic E-state index is 13.0. The van der Waals surface area contributed by atoms with Crippen LogP contribution in [-0.4, -0.2) is 23.4 Å². The number of anilines is 1. The van der Waals surface area contributed by atoms with E-state index in [2.05, 4.69) is 60.9 Å². The molecule has 0 radical (unpaired) electrons. The number of carbonyl (C=O) groups excluding carboxylic acids is 1. The molecule has 0 spiro atoms. The summed E-state index contributed by atoms with van der Waals surface area (Å²) in [5.41, 5.74) is 4.48. The van der Waals surface area contributed by atoms with Crippen molar-refractivity contribution in [1.29, 1.82) is 0 Å². The lowest BCUT2D eigenvalue weighted by molar-refractivity contribution is 0.0700. The van der Waals surface area contributed by atoms with Crippen molar-refractivity contribution in [2.75, 3.05) is 11.4 Å². The lowest BCUT2D eigenvalue weighted by Crippen LogP contribution is -2.34. The van der Waals surface area contributed by atoms with Gasteiger partial charge in [0, 0.05) is 23.4 Å². The number of rotatable bonds is 3. The third kappa shape index (κ3) is 2.31. The minimum Gasteiger partial charge on any atom is -0.345 e. The molecule has 2 aromatic rings. The fourth-order valence-electron chi connectivity index (χ4n) is 4.13. The highest BCUT2D eigenvalue weighted by Gasteiger charge is 2.49. The van der Waals surface area contributed by atoms with Crippen LogP contribution in [0.1, 0.15) is 47.9 Å². The van der Waals surface area contributed by atoms with Gasteiger partial charge in [0.15, 0.2) is 0 Å². The van der Waals surface area contributed by atoms with Crippen LogP contribution in [0.3, 0.4) is 0 Å². The number of nitrogens with zero attached hydrogens (tertiary/aromatic N) is 2. The van der Waals surface area contributed by atoms with Gasteiger partial charge in [-0.05, 0) is 37.5 Å². The molecule has 1 fully saturated rings. The van der Waals surface area contributed by atoms with Crippen molar-refractivity contribution in [3.63, 3.8) is 0 Å². The maximum atomic E-state index is 13.0. The molecule has 2 aliphatic rings. The Bertz CT molecular complexity index is 766. The van der Waals surface area contributed by atoms with Crippen molar-refractivity contribution >= 4 is 11.6 Å². The summed E-state index contributed by atoms with van der Waals surface area (Å²) in [6.07, 6.45) is 1.08. The summed E-state index contributed by atoms with van der Waals surface area (Å²) >= 11 is 0. The van der Waals surface area contributed by atoms with E-state index in [0.717, 1.165) is 24.1 Å². The number of benzene rings is 2. The van der Waals surface area contributed by atoms with Crippen LogP contribution in [0.25, 0.3) is 0 Å². The molecule has 24 heavy (non-hydrogen) atoms. The molecule has 1 amide bonds. The van der Waals surface area contributed by atoms with Crippen molar-refractivity contribution in [1.82, 2.24) is 4.90 Å². The molecule has 0 aromatic heterocycles. The SMILES string of the molecule is Cc1ccc(N2C[C@H](CC(C)C)N3C(=O)c4ccccc4[C@@H]23)cc1. The standard InChI is InChI=1S/C21H24N2O/c1-14(2)12-17-13-22(16-10-8-15(3)9-11-16)20-18-6-4-5-7-19(18)21(24)23(17)20/h4-11,14,17,20H,12-13H2,1-3H3/t17-,20-/m0/s1. The van der Waals surface area contributed by atoms with E-state index in [4.69, 9.17) is 0 Å². The summed E-state index contributed by atoms with van der Waals surface area (Å²) in [6, 6.07) is 17.0. The lowest BCUT2D eigenvalue weighted by atomic mass is 10.0. The van der Waals surface area contributed by atoms with Gasteiger partial charge < -0.3 is 9.80 Å². The molecule has 0 bridgehead atoms. The van der Waals surface area contributed by atoms with Gasteiger partial charge in [-0.15, -0.1) is 0 Å². The van der Waals surface area contributed by atoms with Gasteiger partial charge in [0.05, 0.1) is 6.04 Å². The van der Waals surface area contributed by atoms with Crippen LogP contribution in [0, 0.1) is 12.8 Å². The molecule has 2 atom stereocenters. The molecule has 0 saturated carbocycles. The quantitative estimate of drug-likeness (QED) is 0.837. The smallest absolute Gasteiger partial charge is 0.256 e. The van der Waals surface area contributed by atoms with Crippen molar-refractivity contribution in [3.05, 3.63) is 65.2 Å². The molecule has 0 unspecified atom stereocenters. The first-order valence-electron chi connectivity index (χ1n) is 8.81. The van der Waals surface area contributed by atoms with Crippen LogP contribution >= 0.6 is 0 Å². The Labute approximate surface area is 143 Å². The zero-order chi connectivity index (χ0) is 16.8. The lowest BCUT2D eigenvalue weighted by Gasteiger charge is -2.27. The molecule has 3 heteroatoms. The molecular formula is C21H24N2O. The van der Waals surface area contributed by atoms with Crippen LogP contribution in [0.4, 0.5) is 5.69 Å². The monoisotopic (exact) mass is 320 g/mol. The van der Waals surface area contributed by atoms with Crippen LogP contribution < -0.4 is 4.90 Å². The summed E-state index contributed by atoms with van der Waals surface area (Å²) in [7, 11) is 0.